The largest absolute Gasteiger partial charge is 0.478 e. The molecule has 3 heterocycles. The van der Waals surface area contributed by atoms with Crippen molar-refractivity contribution in [2.24, 2.45) is 5.73 Å². The molecule has 46 heavy (non-hydrogen) atoms. The number of nitrogens with two attached hydrogens (primary N) is 1. The van der Waals surface area contributed by atoms with Gasteiger partial charge in [0.05, 0.1) is 5.56 Å². The molecule has 9 aromatic rings. The summed E-state index contributed by atoms with van der Waals surface area (Å²) in [5.74, 6) is -1.83. The third-order valence-electron chi connectivity index (χ3n) is 9.11. The van der Waals surface area contributed by atoms with E-state index in [1.54, 1.807) is 30.3 Å². The first kappa shape index (κ1) is 28.9. The lowest BCUT2D eigenvalue weighted by molar-refractivity contribution is 0.0699. The summed E-state index contributed by atoms with van der Waals surface area (Å²) in [6, 6.07) is 17.1. The first-order chi connectivity index (χ1) is 21.9. The summed E-state index contributed by atoms with van der Waals surface area (Å²) in [5, 5.41) is 27.2. The van der Waals surface area contributed by atoms with Crippen LogP contribution in [0.3, 0.4) is 0 Å². The van der Waals surface area contributed by atoms with Crippen LogP contribution in [-0.4, -0.2) is 27.8 Å². The lowest BCUT2D eigenvalue weighted by Gasteiger charge is -2.23. The van der Waals surface area contributed by atoms with Crippen LogP contribution in [0.25, 0.3) is 53.9 Å². The van der Waals surface area contributed by atoms with Crippen molar-refractivity contribution in [3.05, 3.63) is 109 Å². The van der Waals surface area contributed by atoms with Crippen molar-refractivity contribution in [3.8, 4) is 0 Å². The highest BCUT2D eigenvalue weighted by Crippen LogP contribution is 2.45. The number of carbonyl (C=O) groups is 2. The zero-order valence-corrected chi connectivity index (χ0v) is 25.6. The summed E-state index contributed by atoms with van der Waals surface area (Å²) in [4.78, 5) is 55.7. The minimum Gasteiger partial charge on any atom is -0.478 e. The Morgan fingerprint density at radius 1 is 0.696 bits per heavy atom. The monoisotopic (exact) mass is 610 g/mol. The fourth-order valence-corrected chi connectivity index (χ4v) is 7.07. The van der Waals surface area contributed by atoms with E-state index >= 15 is 0 Å². The molecule has 6 aromatic carbocycles. The molecule has 0 fully saturated rings. The molecule has 3 aromatic heterocycles. The number of amidine groups is 1. The van der Waals surface area contributed by atoms with Gasteiger partial charge in [-0.3, -0.25) is 24.8 Å². The van der Waals surface area contributed by atoms with Crippen molar-refractivity contribution in [2.75, 3.05) is 5.32 Å². The minimum atomic E-state index is -1.23. The number of fused-ring (bicyclic) bond motifs is 1. The number of hydrogen-bond acceptors (Lipinski definition) is 5. The van der Waals surface area contributed by atoms with Crippen molar-refractivity contribution >= 4 is 77.3 Å². The van der Waals surface area contributed by atoms with Gasteiger partial charge in [0.15, 0.2) is 0 Å². The van der Waals surface area contributed by atoms with Crippen LogP contribution in [0.1, 0.15) is 76.9 Å². The van der Waals surface area contributed by atoms with Crippen molar-refractivity contribution in [3.63, 3.8) is 0 Å². The second-order valence-electron chi connectivity index (χ2n) is 12.4. The van der Waals surface area contributed by atoms with Gasteiger partial charge in [-0.1, -0.05) is 64.1 Å². The molecule has 9 nitrogen and oxygen atoms in total. The van der Waals surface area contributed by atoms with Crippen LogP contribution < -0.4 is 22.2 Å². The topological polar surface area (TPSA) is 166 Å². The normalized spacial score (nSPS) is 12.0. The van der Waals surface area contributed by atoms with Crippen LogP contribution in [0, 0.1) is 5.41 Å². The van der Waals surface area contributed by atoms with Gasteiger partial charge >= 0.3 is 5.97 Å². The molecule has 0 aliphatic carbocycles. The average Bonchev–Trinajstić information content (AvgIpc) is 3.06. The van der Waals surface area contributed by atoms with E-state index in [2.05, 4.69) is 38.0 Å². The van der Waals surface area contributed by atoms with E-state index in [0.717, 1.165) is 16.8 Å². The number of anilines is 1. The lowest BCUT2D eigenvalue weighted by atomic mass is 9.83. The zero-order valence-electron chi connectivity index (χ0n) is 25.6. The highest BCUT2D eigenvalue weighted by molar-refractivity contribution is 6.41. The Bertz CT molecular complexity index is 2560. The van der Waals surface area contributed by atoms with Crippen molar-refractivity contribution in [1.29, 1.82) is 5.41 Å². The van der Waals surface area contributed by atoms with Gasteiger partial charge in [-0.15, -0.1) is 0 Å². The molecule has 0 atom stereocenters. The minimum absolute atomic E-state index is 0.0693. The van der Waals surface area contributed by atoms with Gasteiger partial charge in [0.2, 0.25) is 5.91 Å². The molecule has 0 radical (unpaired) electrons. The Morgan fingerprint density at radius 3 is 1.74 bits per heavy atom. The number of primary amides is 1. The highest BCUT2D eigenvalue weighted by Gasteiger charge is 2.27. The number of carbonyl (C=O) groups excluding carboxylic acids is 1. The number of aromatic amines is 1. The quantitative estimate of drug-likeness (QED) is 0.0597. The molecule has 9 heteroatoms. The molecular formula is C37H30N4O5. The molecule has 0 aliphatic rings. The van der Waals surface area contributed by atoms with E-state index in [9.17, 15) is 29.7 Å². The third kappa shape index (κ3) is 3.98. The number of benzene rings is 6. The van der Waals surface area contributed by atoms with Gasteiger partial charge in [-0.25, -0.2) is 4.79 Å². The molecule has 0 unspecified atom stereocenters. The van der Waals surface area contributed by atoms with Crippen LogP contribution >= 0.6 is 0 Å². The smallest absolute Gasteiger partial charge is 0.336 e. The van der Waals surface area contributed by atoms with Gasteiger partial charge in [0.1, 0.15) is 5.84 Å². The second-order valence-corrected chi connectivity index (χ2v) is 12.4. The van der Waals surface area contributed by atoms with Crippen LogP contribution in [0.4, 0.5) is 5.69 Å². The molecule has 0 aliphatic heterocycles. The first-order valence-corrected chi connectivity index (χ1v) is 15.0. The number of nitrogens with one attached hydrogen (secondary N) is 3. The van der Waals surface area contributed by atoms with E-state index in [0.29, 0.717) is 37.7 Å². The summed E-state index contributed by atoms with van der Waals surface area (Å²) in [7, 11) is 0. The standard InChI is InChI=1S/C37H30N4O5/c1-15(2)17-6-5-7-18(16(3)4)32(17)40-33(38)25-14-26(37(45)46)28-21-10-11-22(34(39)42)29-23-12-8-19(27(21)29)20-9-13-24(30(25)31(20)28)36(44)41-35(23)43/h5-16H,1-4H3,(H2,38,40)(H2,39,42)(H,45,46)(H,41,43,44). The third-order valence-corrected chi connectivity index (χ3v) is 9.11. The lowest BCUT2D eigenvalue weighted by Crippen LogP contribution is -2.19. The highest BCUT2D eigenvalue weighted by atomic mass is 16.4. The van der Waals surface area contributed by atoms with E-state index in [1.807, 2.05) is 18.2 Å². The SMILES string of the molecule is CC(C)c1cccc(C(C)C)c1NC(=N)c1cc(C(=O)O)c2c3ccc(C(N)=O)c4c5ccc(c6ccc(c(=O)[nH]c5=O)c1c62)c34. The van der Waals surface area contributed by atoms with Crippen LogP contribution in [-0.2, 0) is 0 Å². The maximum absolute atomic E-state index is 13.9. The Hall–Kier alpha value is -5.83. The Kier molecular flexibility index (Phi) is 6.35. The van der Waals surface area contributed by atoms with Gasteiger partial charge in [0.25, 0.3) is 11.1 Å². The summed E-state index contributed by atoms with van der Waals surface area (Å²) >= 11 is 0. The number of rotatable bonds is 6. The molecule has 0 saturated heterocycles. The van der Waals surface area contributed by atoms with Crippen molar-refractivity contribution < 1.29 is 14.7 Å². The Balaban J connectivity index is 1.72. The summed E-state index contributed by atoms with van der Waals surface area (Å²) in [6.07, 6.45) is 0. The molecule has 10 bridgehead atoms. The molecule has 0 saturated carbocycles. The zero-order chi connectivity index (χ0) is 32.8. The van der Waals surface area contributed by atoms with E-state index in [1.165, 1.54) is 12.1 Å². The van der Waals surface area contributed by atoms with Gasteiger partial charge < -0.3 is 16.2 Å². The number of carboxylic acid groups (broad SMARTS) is 1. The number of aromatic carboxylic acids is 1. The van der Waals surface area contributed by atoms with Gasteiger partial charge in [-0.05, 0) is 74.2 Å². The van der Waals surface area contributed by atoms with E-state index in [-0.39, 0.29) is 50.5 Å². The molecule has 228 valence electrons. The number of H-pyrrole nitrogens is 1. The predicted molar refractivity (Wildman–Crippen MR) is 184 cm³/mol. The molecule has 1 amide bonds. The first-order valence-electron chi connectivity index (χ1n) is 15.0. The van der Waals surface area contributed by atoms with Crippen molar-refractivity contribution in [2.45, 2.75) is 39.5 Å². The average molecular weight is 611 g/mol. The number of hydrogen-bond donors (Lipinski definition) is 5. The van der Waals surface area contributed by atoms with Gasteiger partial charge in [-0.2, -0.15) is 0 Å². The maximum atomic E-state index is 13.9. The van der Waals surface area contributed by atoms with Crippen LogP contribution in [0.2, 0.25) is 0 Å². The maximum Gasteiger partial charge on any atom is 0.336 e. The van der Waals surface area contributed by atoms with E-state index < -0.39 is 23.0 Å². The van der Waals surface area contributed by atoms with Gasteiger partial charge in [0, 0.05) is 43.7 Å². The van der Waals surface area contributed by atoms with Crippen molar-refractivity contribution in [1.82, 2.24) is 4.98 Å². The van der Waals surface area contributed by atoms with E-state index in [4.69, 9.17) is 5.73 Å². The van der Waals surface area contributed by atoms with Crippen LogP contribution in [0.15, 0.2) is 70.3 Å². The Morgan fingerprint density at radius 2 is 1.20 bits per heavy atom. The number of amides is 1. The summed E-state index contributed by atoms with van der Waals surface area (Å²) in [6.45, 7) is 8.25. The summed E-state index contributed by atoms with van der Waals surface area (Å²) < 4.78 is 0. The number of carboxylic acids is 1. The molecule has 9 rings (SSSR count). The molecular weight excluding hydrogens is 580 g/mol. The fourth-order valence-electron chi connectivity index (χ4n) is 7.07. The predicted octanol–water partition coefficient (Wildman–Crippen LogP) is 6.86. The summed E-state index contributed by atoms with van der Waals surface area (Å²) in [5.41, 5.74) is 7.26. The number of para-hydroxylation sites is 1. The van der Waals surface area contributed by atoms with Crippen LogP contribution in [0.5, 0.6) is 0 Å². The second kappa shape index (κ2) is 10.1. The number of aromatic nitrogens is 1. The fraction of sp³-hybridized carbons (Fsp3) is 0.162. The molecule has 0 spiro atoms. The molecule has 6 N–H and O–H groups in total. The Labute approximate surface area is 261 Å².